The van der Waals surface area contributed by atoms with Crippen LogP contribution >= 0.6 is 0 Å². The quantitative estimate of drug-likeness (QED) is 0.858. The molecule has 18 heavy (non-hydrogen) atoms. The SMILES string of the molecule is COc1ccc(COC(C)N2CCNCC2)cc1. The highest BCUT2D eigenvalue weighted by atomic mass is 16.5. The van der Waals surface area contributed by atoms with Gasteiger partial charge < -0.3 is 14.8 Å². The van der Waals surface area contributed by atoms with E-state index in [0.29, 0.717) is 6.61 Å². The van der Waals surface area contributed by atoms with Gasteiger partial charge in [-0.1, -0.05) is 12.1 Å². The first-order valence-electron chi connectivity index (χ1n) is 6.49. The highest BCUT2D eigenvalue weighted by Crippen LogP contribution is 2.13. The number of piperazine rings is 1. The fraction of sp³-hybridized carbons (Fsp3) is 0.571. The molecule has 1 saturated heterocycles. The van der Waals surface area contributed by atoms with Crippen molar-refractivity contribution in [1.82, 2.24) is 10.2 Å². The van der Waals surface area contributed by atoms with Crippen molar-refractivity contribution in [2.75, 3.05) is 33.3 Å². The smallest absolute Gasteiger partial charge is 0.118 e. The lowest BCUT2D eigenvalue weighted by Crippen LogP contribution is -2.48. The summed E-state index contributed by atoms with van der Waals surface area (Å²) < 4.78 is 11.0. The van der Waals surface area contributed by atoms with Gasteiger partial charge >= 0.3 is 0 Å². The highest BCUT2D eigenvalue weighted by Gasteiger charge is 2.16. The van der Waals surface area contributed by atoms with Crippen molar-refractivity contribution in [2.45, 2.75) is 19.8 Å². The Kier molecular flexibility index (Phi) is 4.99. The molecule has 100 valence electrons. The van der Waals surface area contributed by atoms with Gasteiger partial charge in [-0.25, -0.2) is 0 Å². The van der Waals surface area contributed by atoms with Crippen molar-refractivity contribution >= 4 is 0 Å². The zero-order valence-electron chi connectivity index (χ0n) is 11.2. The maximum atomic E-state index is 5.90. The molecule has 1 aliphatic heterocycles. The lowest BCUT2D eigenvalue weighted by atomic mass is 10.2. The van der Waals surface area contributed by atoms with Crippen LogP contribution in [-0.4, -0.2) is 44.4 Å². The Balaban J connectivity index is 1.78. The van der Waals surface area contributed by atoms with Gasteiger partial charge in [0, 0.05) is 26.2 Å². The normalized spacial score (nSPS) is 18.6. The maximum Gasteiger partial charge on any atom is 0.118 e. The monoisotopic (exact) mass is 250 g/mol. The average molecular weight is 250 g/mol. The maximum absolute atomic E-state index is 5.90. The zero-order valence-corrected chi connectivity index (χ0v) is 11.2. The number of nitrogens with zero attached hydrogens (tertiary/aromatic N) is 1. The Morgan fingerprint density at radius 1 is 1.22 bits per heavy atom. The summed E-state index contributed by atoms with van der Waals surface area (Å²) >= 11 is 0. The molecule has 1 atom stereocenters. The van der Waals surface area contributed by atoms with Crippen molar-refractivity contribution in [3.8, 4) is 5.75 Å². The van der Waals surface area contributed by atoms with Gasteiger partial charge in [0.15, 0.2) is 0 Å². The number of benzene rings is 1. The second-order valence-electron chi connectivity index (χ2n) is 4.54. The fourth-order valence-electron chi connectivity index (χ4n) is 2.09. The standard InChI is InChI=1S/C14H22N2O2/c1-12(16-9-7-15-8-10-16)18-11-13-3-5-14(17-2)6-4-13/h3-6,12,15H,7-11H2,1-2H3. The van der Waals surface area contributed by atoms with Crippen LogP contribution in [0.4, 0.5) is 0 Å². The van der Waals surface area contributed by atoms with Gasteiger partial charge in [-0.15, -0.1) is 0 Å². The number of hydrogen-bond donors (Lipinski definition) is 1. The first-order chi connectivity index (χ1) is 8.79. The molecule has 1 fully saturated rings. The van der Waals surface area contributed by atoms with Crippen LogP contribution < -0.4 is 10.1 Å². The van der Waals surface area contributed by atoms with Gasteiger partial charge in [-0.3, -0.25) is 4.90 Å². The van der Waals surface area contributed by atoms with Crippen LogP contribution in [0.25, 0.3) is 0 Å². The fourth-order valence-corrected chi connectivity index (χ4v) is 2.09. The molecule has 1 unspecified atom stereocenters. The summed E-state index contributed by atoms with van der Waals surface area (Å²) in [6.07, 6.45) is 0.175. The number of rotatable bonds is 5. The summed E-state index contributed by atoms with van der Waals surface area (Å²) in [7, 11) is 1.68. The van der Waals surface area contributed by atoms with Gasteiger partial charge in [0.1, 0.15) is 12.0 Å². The molecule has 1 heterocycles. The molecule has 1 aromatic carbocycles. The van der Waals surface area contributed by atoms with Crippen LogP contribution in [0.1, 0.15) is 12.5 Å². The van der Waals surface area contributed by atoms with E-state index in [-0.39, 0.29) is 6.23 Å². The molecule has 2 rings (SSSR count). The van der Waals surface area contributed by atoms with Crippen LogP contribution in [0.2, 0.25) is 0 Å². The third kappa shape index (κ3) is 3.70. The van der Waals surface area contributed by atoms with Crippen LogP contribution in [-0.2, 0) is 11.3 Å². The van der Waals surface area contributed by atoms with Crippen molar-refractivity contribution < 1.29 is 9.47 Å². The van der Waals surface area contributed by atoms with Crippen LogP contribution in [0.3, 0.4) is 0 Å². The van der Waals surface area contributed by atoms with E-state index in [9.17, 15) is 0 Å². The predicted molar refractivity (Wildman–Crippen MR) is 71.7 cm³/mol. The van der Waals surface area contributed by atoms with Gasteiger partial charge in [0.2, 0.25) is 0 Å². The molecule has 4 heteroatoms. The van der Waals surface area contributed by atoms with Crippen molar-refractivity contribution in [2.24, 2.45) is 0 Å². The van der Waals surface area contributed by atoms with Crippen LogP contribution in [0.15, 0.2) is 24.3 Å². The van der Waals surface area contributed by atoms with E-state index in [1.807, 2.05) is 24.3 Å². The molecule has 1 N–H and O–H groups in total. The van der Waals surface area contributed by atoms with E-state index in [2.05, 4.69) is 17.1 Å². The van der Waals surface area contributed by atoms with E-state index in [1.54, 1.807) is 7.11 Å². The average Bonchev–Trinajstić information content (AvgIpc) is 2.46. The Bertz CT molecular complexity index is 347. The molecule has 1 aromatic rings. The zero-order chi connectivity index (χ0) is 12.8. The first-order valence-corrected chi connectivity index (χ1v) is 6.49. The summed E-state index contributed by atoms with van der Waals surface area (Å²) in [5, 5.41) is 3.34. The molecule has 4 nitrogen and oxygen atoms in total. The second-order valence-corrected chi connectivity index (χ2v) is 4.54. The third-order valence-corrected chi connectivity index (χ3v) is 3.32. The van der Waals surface area contributed by atoms with E-state index in [4.69, 9.17) is 9.47 Å². The Hall–Kier alpha value is -1.10. The van der Waals surface area contributed by atoms with E-state index < -0.39 is 0 Å². The molecular weight excluding hydrogens is 228 g/mol. The van der Waals surface area contributed by atoms with Crippen molar-refractivity contribution in [3.05, 3.63) is 29.8 Å². The van der Waals surface area contributed by atoms with Crippen molar-refractivity contribution in [1.29, 1.82) is 0 Å². The van der Waals surface area contributed by atoms with Gasteiger partial charge in [-0.2, -0.15) is 0 Å². The van der Waals surface area contributed by atoms with Gasteiger partial charge in [-0.05, 0) is 24.6 Å². The minimum atomic E-state index is 0.175. The molecule has 0 spiro atoms. The molecule has 0 amide bonds. The molecule has 0 aromatic heterocycles. The molecule has 0 radical (unpaired) electrons. The third-order valence-electron chi connectivity index (χ3n) is 3.32. The molecular formula is C14H22N2O2. The largest absolute Gasteiger partial charge is 0.497 e. The lowest BCUT2D eigenvalue weighted by Gasteiger charge is -2.32. The number of methoxy groups -OCH3 is 1. The van der Waals surface area contributed by atoms with Gasteiger partial charge in [0.25, 0.3) is 0 Å². The summed E-state index contributed by atoms with van der Waals surface area (Å²) in [6, 6.07) is 8.02. The Morgan fingerprint density at radius 3 is 2.50 bits per heavy atom. The predicted octanol–water partition coefficient (Wildman–Crippen LogP) is 1.46. The van der Waals surface area contributed by atoms with Gasteiger partial charge in [0.05, 0.1) is 13.7 Å². The van der Waals surface area contributed by atoms with Crippen LogP contribution in [0.5, 0.6) is 5.75 Å². The Morgan fingerprint density at radius 2 is 1.89 bits per heavy atom. The minimum Gasteiger partial charge on any atom is -0.497 e. The lowest BCUT2D eigenvalue weighted by molar-refractivity contribution is -0.0607. The minimum absolute atomic E-state index is 0.175. The van der Waals surface area contributed by atoms with Crippen LogP contribution in [0, 0.1) is 0 Å². The molecule has 1 aliphatic rings. The van der Waals surface area contributed by atoms with Crippen molar-refractivity contribution in [3.63, 3.8) is 0 Å². The number of nitrogens with one attached hydrogen (secondary N) is 1. The summed E-state index contributed by atoms with van der Waals surface area (Å²) in [4.78, 5) is 2.36. The first kappa shape index (κ1) is 13.3. The molecule has 0 aliphatic carbocycles. The summed E-state index contributed by atoms with van der Waals surface area (Å²) in [5.74, 6) is 0.883. The summed E-state index contributed by atoms with van der Waals surface area (Å²) in [5.41, 5.74) is 1.18. The van der Waals surface area contributed by atoms with E-state index >= 15 is 0 Å². The topological polar surface area (TPSA) is 33.7 Å². The molecule has 0 bridgehead atoms. The number of hydrogen-bond acceptors (Lipinski definition) is 4. The highest BCUT2D eigenvalue weighted by molar-refractivity contribution is 5.26. The Labute approximate surface area is 109 Å². The number of ether oxygens (including phenoxy) is 2. The van der Waals surface area contributed by atoms with E-state index in [1.165, 1.54) is 5.56 Å². The second kappa shape index (κ2) is 6.73. The summed E-state index contributed by atoms with van der Waals surface area (Å²) in [6.45, 7) is 6.99. The molecule has 0 saturated carbocycles. The van der Waals surface area contributed by atoms with E-state index in [0.717, 1.165) is 31.9 Å².